The van der Waals surface area contributed by atoms with Crippen LogP contribution in [0.25, 0.3) is 0 Å². The van der Waals surface area contributed by atoms with Gasteiger partial charge in [0, 0.05) is 52.2 Å². The Morgan fingerprint density at radius 3 is 2.05 bits per heavy atom. The summed E-state index contributed by atoms with van der Waals surface area (Å²) in [5, 5.41) is 29.6. The van der Waals surface area contributed by atoms with Crippen molar-refractivity contribution in [1.29, 1.82) is 0 Å². The smallest absolute Gasteiger partial charge is 0.326 e. The molecule has 17 nitrogen and oxygen atoms in total. The summed E-state index contributed by atoms with van der Waals surface area (Å²) in [4.78, 5) is 108. The van der Waals surface area contributed by atoms with Crippen LogP contribution in [0, 0.1) is 23.7 Å². The lowest BCUT2D eigenvalue weighted by molar-refractivity contribution is -0.147. The summed E-state index contributed by atoms with van der Waals surface area (Å²) in [5.74, 6) is -6.01. The number of carboxylic acid groups (broad SMARTS) is 1. The van der Waals surface area contributed by atoms with Crippen molar-refractivity contribution in [3.8, 4) is 0 Å². The van der Waals surface area contributed by atoms with Gasteiger partial charge in [0.2, 0.25) is 29.5 Å². The van der Waals surface area contributed by atoms with Crippen LogP contribution in [0.3, 0.4) is 0 Å². The molecule has 1 saturated heterocycles. The number of aliphatic hydroxyl groups is 1. The Balaban J connectivity index is 1.66. The Kier molecular flexibility index (Phi) is 21.1. The predicted molar refractivity (Wildman–Crippen MR) is 239 cm³/mol. The molecule has 0 aliphatic carbocycles. The molecular formula is C47H72N6O11. The predicted octanol–water partition coefficient (Wildman–Crippen LogP) is 2.83. The van der Waals surface area contributed by atoms with E-state index >= 15 is 0 Å². The molecule has 0 radical (unpaired) electrons. The average Bonchev–Trinajstić information content (AvgIpc) is 3.88. The molecule has 5 N–H and O–H groups in total. The lowest BCUT2D eigenvalue weighted by Gasteiger charge is -2.40. The van der Waals surface area contributed by atoms with E-state index in [4.69, 9.17) is 4.74 Å². The SMILES string of the molecule is CCC(C)C(C(CC(=O)N1CCCC1C(O)C(C)C(=O)NC(Cc1ccccc1)C(=O)O)OC)N(C)C(=O)[C@@H](NC(=O)C(NC(=O)CCCCCN1C(=O)C=CC1=O)C(C)C)C(C)C. The Morgan fingerprint density at radius 2 is 1.48 bits per heavy atom. The molecule has 0 spiro atoms. The molecule has 3 rings (SSSR count). The third kappa shape index (κ3) is 14.7. The molecule has 17 heteroatoms. The lowest BCUT2D eigenvalue weighted by atomic mass is 9.89. The number of aliphatic hydroxyl groups excluding tert-OH is 1. The van der Waals surface area contributed by atoms with Crippen molar-refractivity contribution >= 4 is 47.3 Å². The van der Waals surface area contributed by atoms with Gasteiger partial charge < -0.3 is 40.7 Å². The number of hydrogen-bond donors (Lipinski definition) is 5. The number of rotatable bonds is 26. The van der Waals surface area contributed by atoms with Crippen LogP contribution in [0.15, 0.2) is 42.5 Å². The number of nitrogens with one attached hydrogen (secondary N) is 3. The molecule has 2 aliphatic rings. The number of nitrogens with zero attached hydrogens (tertiary/aromatic N) is 3. The minimum Gasteiger partial charge on any atom is -0.480 e. The first-order chi connectivity index (χ1) is 30.2. The van der Waals surface area contributed by atoms with Gasteiger partial charge in [-0.2, -0.15) is 0 Å². The third-order valence-corrected chi connectivity index (χ3v) is 12.6. The number of carbonyl (C=O) groups is 8. The molecule has 0 saturated carbocycles. The quantitative estimate of drug-likeness (QED) is 0.0671. The van der Waals surface area contributed by atoms with Crippen molar-refractivity contribution in [2.45, 2.75) is 149 Å². The standard InChI is InChI=1S/C47H72N6O11/c1-10-30(6)42(35(64-9)27-39(57)52-25-17-20-34(52)43(58)31(7)44(59)48-33(47(62)63)26-32-18-13-11-14-19-32)51(8)46(61)41(29(4)5)50-45(60)40(28(2)3)49-36(54)21-15-12-16-24-53-37(55)22-23-38(53)56/h11,13-14,18-19,22-23,28-31,33-35,40-43,58H,10,12,15-17,20-21,24-27H2,1-9H3,(H,48,59)(H,49,54)(H,50,60)(H,62,63)/t30?,31?,33?,34?,35?,40?,41-,42?,43?/m0/s1. The Bertz CT molecular complexity index is 1790. The van der Waals surface area contributed by atoms with Gasteiger partial charge in [-0.15, -0.1) is 0 Å². The minimum atomic E-state index is -1.29. The van der Waals surface area contributed by atoms with Crippen LogP contribution in [0.4, 0.5) is 0 Å². The highest BCUT2D eigenvalue weighted by atomic mass is 16.5. The topological polar surface area (TPSA) is 232 Å². The summed E-state index contributed by atoms with van der Waals surface area (Å²) in [5.41, 5.74) is 0.727. The number of carboxylic acids is 1. The second kappa shape index (κ2) is 25.4. The molecule has 9 atom stereocenters. The zero-order valence-electron chi connectivity index (χ0n) is 39.1. The van der Waals surface area contributed by atoms with E-state index < -0.39 is 72.0 Å². The van der Waals surface area contributed by atoms with Crippen LogP contribution in [0.1, 0.15) is 105 Å². The normalized spacial score (nSPS) is 18.8. The summed E-state index contributed by atoms with van der Waals surface area (Å²) >= 11 is 0. The molecule has 1 fully saturated rings. The lowest BCUT2D eigenvalue weighted by Crippen LogP contribution is -2.60. The highest BCUT2D eigenvalue weighted by Gasteiger charge is 2.43. The molecule has 1 aromatic rings. The van der Waals surface area contributed by atoms with Crippen LogP contribution in [-0.4, -0.2) is 142 Å². The number of likely N-dealkylation sites (tertiary alicyclic amines) is 1. The van der Waals surface area contributed by atoms with E-state index in [1.165, 1.54) is 31.1 Å². The number of hydrogen-bond acceptors (Lipinski definition) is 10. The van der Waals surface area contributed by atoms with Crippen LogP contribution in [-0.2, 0) is 49.5 Å². The first-order valence-electron chi connectivity index (χ1n) is 22.7. The van der Waals surface area contributed by atoms with Crippen molar-refractivity contribution in [3.63, 3.8) is 0 Å². The number of methoxy groups -OCH3 is 1. The van der Waals surface area contributed by atoms with E-state index in [9.17, 15) is 48.6 Å². The van der Waals surface area contributed by atoms with Gasteiger partial charge in [0.05, 0.1) is 36.6 Å². The molecule has 356 valence electrons. The van der Waals surface area contributed by atoms with E-state index in [1.54, 1.807) is 70.0 Å². The fraction of sp³-hybridized carbons (Fsp3) is 0.660. The monoisotopic (exact) mass is 897 g/mol. The summed E-state index contributed by atoms with van der Waals surface area (Å²) in [6.45, 7) is 13.2. The van der Waals surface area contributed by atoms with Gasteiger partial charge in [-0.25, -0.2) is 4.79 Å². The maximum atomic E-state index is 14.4. The van der Waals surface area contributed by atoms with Gasteiger partial charge in [-0.3, -0.25) is 38.5 Å². The van der Waals surface area contributed by atoms with Crippen LogP contribution in [0.5, 0.6) is 0 Å². The van der Waals surface area contributed by atoms with Gasteiger partial charge in [-0.05, 0) is 49.0 Å². The van der Waals surface area contributed by atoms with E-state index in [0.29, 0.717) is 45.1 Å². The summed E-state index contributed by atoms with van der Waals surface area (Å²) < 4.78 is 5.96. The van der Waals surface area contributed by atoms with Crippen molar-refractivity contribution in [1.82, 2.24) is 30.7 Å². The fourth-order valence-electron chi connectivity index (χ4n) is 8.46. The Labute approximate surface area is 378 Å². The van der Waals surface area contributed by atoms with Crippen molar-refractivity contribution < 1.29 is 53.3 Å². The summed E-state index contributed by atoms with van der Waals surface area (Å²) in [6.07, 6.45) is 3.69. The maximum Gasteiger partial charge on any atom is 0.326 e. The van der Waals surface area contributed by atoms with E-state index in [-0.39, 0.29) is 67.2 Å². The van der Waals surface area contributed by atoms with Gasteiger partial charge in [0.25, 0.3) is 11.8 Å². The first-order valence-corrected chi connectivity index (χ1v) is 22.7. The molecule has 0 aromatic heterocycles. The third-order valence-electron chi connectivity index (χ3n) is 12.6. The van der Waals surface area contributed by atoms with E-state index in [1.807, 2.05) is 13.8 Å². The average molecular weight is 897 g/mol. The molecule has 2 aliphatic heterocycles. The number of likely N-dealkylation sites (N-methyl/N-ethyl adjacent to an activating group) is 1. The van der Waals surface area contributed by atoms with Crippen LogP contribution >= 0.6 is 0 Å². The summed E-state index contributed by atoms with van der Waals surface area (Å²) in [6, 6.07) is 4.43. The van der Waals surface area contributed by atoms with Gasteiger partial charge >= 0.3 is 5.97 Å². The van der Waals surface area contributed by atoms with E-state index in [0.717, 1.165) is 10.5 Å². The van der Waals surface area contributed by atoms with Crippen LogP contribution in [0.2, 0.25) is 0 Å². The molecular weight excluding hydrogens is 825 g/mol. The molecule has 8 unspecified atom stereocenters. The zero-order valence-corrected chi connectivity index (χ0v) is 39.1. The number of aliphatic carboxylic acids is 1. The number of ether oxygens (including phenoxy) is 1. The van der Waals surface area contributed by atoms with Crippen molar-refractivity contribution in [3.05, 3.63) is 48.0 Å². The summed E-state index contributed by atoms with van der Waals surface area (Å²) in [7, 11) is 3.09. The van der Waals surface area contributed by atoms with Crippen LogP contribution < -0.4 is 16.0 Å². The second-order valence-electron chi connectivity index (χ2n) is 18.0. The van der Waals surface area contributed by atoms with Gasteiger partial charge in [0.15, 0.2) is 0 Å². The number of imide groups is 1. The van der Waals surface area contributed by atoms with E-state index in [2.05, 4.69) is 16.0 Å². The maximum absolute atomic E-state index is 14.4. The van der Waals surface area contributed by atoms with Crippen molar-refractivity contribution in [2.75, 3.05) is 27.2 Å². The first kappa shape index (κ1) is 53.2. The van der Waals surface area contributed by atoms with Gasteiger partial charge in [-0.1, -0.05) is 91.6 Å². The number of carbonyl (C=O) groups excluding carboxylic acids is 7. The van der Waals surface area contributed by atoms with Gasteiger partial charge in [0.1, 0.15) is 18.1 Å². The highest BCUT2D eigenvalue weighted by Crippen LogP contribution is 2.29. The Morgan fingerprint density at radius 1 is 0.859 bits per heavy atom. The number of benzene rings is 1. The fourth-order valence-corrected chi connectivity index (χ4v) is 8.46. The molecule has 2 heterocycles. The second-order valence-corrected chi connectivity index (χ2v) is 18.0. The molecule has 1 aromatic carbocycles. The zero-order chi connectivity index (χ0) is 47.8. The molecule has 0 bridgehead atoms. The number of amides is 7. The number of unbranched alkanes of at least 4 members (excludes halogenated alkanes) is 2. The molecule has 64 heavy (non-hydrogen) atoms. The highest BCUT2D eigenvalue weighted by molar-refractivity contribution is 6.12. The minimum absolute atomic E-state index is 0.0593. The largest absolute Gasteiger partial charge is 0.480 e. The Hall–Kier alpha value is -5.16. The van der Waals surface area contributed by atoms with Crippen molar-refractivity contribution in [2.24, 2.45) is 23.7 Å². The molecule has 7 amide bonds.